The fraction of sp³-hybridized carbons (Fsp3) is 0.188. The molecule has 2 rings (SSSR count). The minimum atomic E-state index is -0.319. The van der Waals surface area contributed by atoms with E-state index in [1.54, 1.807) is 30.3 Å². The topological polar surface area (TPSA) is 35.5 Å². The maximum absolute atomic E-state index is 12.8. The van der Waals surface area contributed by atoms with Crippen LogP contribution in [0.15, 0.2) is 42.5 Å². The summed E-state index contributed by atoms with van der Waals surface area (Å²) in [5.74, 6) is 0.507. The van der Waals surface area contributed by atoms with Crippen LogP contribution < -0.4 is 9.47 Å². The molecule has 0 aliphatic carbocycles. The van der Waals surface area contributed by atoms with Gasteiger partial charge in [0.1, 0.15) is 5.82 Å². The molecule has 0 spiro atoms. The highest BCUT2D eigenvalue weighted by Gasteiger charge is 2.16. The predicted molar refractivity (Wildman–Crippen MR) is 74.0 cm³/mol. The van der Waals surface area contributed by atoms with Crippen molar-refractivity contribution >= 4 is 5.78 Å². The first kappa shape index (κ1) is 14.1. The molecule has 0 aliphatic heterocycles. The number of para-hydroxylation sites is 1. The van der Waals surface area contributed by atoms with Gasteiger partial charge in [-0.25, -0.2) is 4.39 Å². The molecular weight excluding hydrogens is 259 g/mol. The lowest BCUT2D eigenvalue weighted by Crippen LogP contribution is -2.06. The van der Waals surface area contributed by atoms with Crippen LogP contribution in [0, 0.1) is 5.82 Å². The Bertz CT molecular complexity index is 606. The summed E-state index contributed by atoms with van der Waals surface area (Å²) >= 11 is 0. The lowest BCUT2D eigenvalue weighted by molar-refractivity contribution is 0.0989. The first-order chi connectivity index (χ1) is 9.65. The summed E-state index contributed by atoms with van der Waals surface area (Å²) in [6, 6.07) is 11.0. The Morgan fingerprint density at radius 2 is 1.75 bits per heavy atom. The second-order valence-electron chi connectivity index (χ2n) is 4.27. The molecule has 0 saturated carbocycles. The van der Waals surface area contributed by atoms with Crippen molar-refractivity contribution in [2.24, 2.45) is 0 Å². The van der Waals surface area contributed by atoms with Crippen molar-refractivity contribution in [3.05, 3.63) is 59.4 Å². The van der Waals surface area contributed by atoms with Crippen molar-refractivity contribution in [2.45, 2.75) is 6.42 Å². The number of hydrogen-bond acceptors (Lipinski definition) is 3. The first-order valence-electron chi connectivity index (χ1n) is 6.14. The summed E-state index contributed by atoms with van der Waals surface area (Å²) in [7, 11) is 3.01. The number of rotatable bonds is 5. The standard InChI is InChI=1S/C16H15FO3/c1-19-15-5-3-4-13(16(15)20-2)14(18)10-11-6-8-12(17)9-7-11/h3-9H,10H2,1-2H3. The van der Waals surface area contributed by atoms with E-state index in [9.17, 15) is 9.18 Å². The van der Waals surface area contributed by atoms with E-state index >= 15 is 0 Å². The van der Waals surface area contributed by atoms with Gasteiger partial charge in [-0.15, -0.1) is 0 Å². The first-order valence-corrected chi connectivity index (χ1v) is 6.14. The molecule has 0 N–H and O–H groups in total. The van der Waals surface area contributed by atoms with Crippen LogP contribution in [0.4, 0.5) is 4.39 Å². The SMILES string of the molecule is COc1cccc(C(=O)Cc2ccc(F)cc2)c1OC. The maximum atomic E-state index is 12.8. The van der Waals surface area contributed by atoms with Crippen LogP contribution in [0.1, 0.15) is 15.9 Å². The molecular formula is C16H15FO3. The Labute approximate surface area is 117 Å². The molecule has 0 aliphatic rings. The average molecular weight is 274 g/mol. The van der Waals surface area contributed by atoms with E-state index in [-0.39, 0.29) is 18.0 Å². The zero-order valence-electron chi connectivity index (χ0n) is 11.4. The average Bonchev–Trinajstić information content (AvgIpc) is 2.48. The van der Waals surface area contributed by atoms with Crippen molar-refractivity contribution in [2.75, 3.05) is 14.2 Å². The molecule has 0 unspecified atom stereocenters. The van der Waals surface area contributed by atoms with E-state index in [0.717, 1.165) is 5.56 Å². The highest BCUT2D eigenvalue weighted by molar-refractivity contribution is 6.00. The van der Waals surface area contributed by atoms with E-state index in [0.29, 0.717) is 17.1 Å². The zero-order valence-corrected chi connectivity index (χ0v) is 11.4. The number of ketones is 1. The number of carbonyl (C=O) groups excluding carboxylic acids is 1. The van der Waals surface area contributed by atoms with Crippen LogP contribution >= 0.6 is 0 Å². The highest BCUT2D eigenvalue weighted by Crippen LogP contribution is 2.31. The van der Waals surface area contributed by atoms with Crippen LogP contribution in [0.2, 0.25) is 0 Å². The molecule has 0 heterocycles. The molecule has 20 heavy (non-hydrogen) atoms. The van der Waals surface area contributed by atoms with Crippen LogP contribution in [0.25, 0.3) is 0 Å². The third-order valence-electron chi connectivity index (χ3n) is 2.98. The van der Waals surface area contributed by atoms with Crippen molar-refractivity contribution < 1.29 is 18.7 Å². The van der Waals surface area contributed by atoms with Gasteiger partial charge in [0.25, 0.3) is 0 Å². The van der Waals surface area contributed by atoms with Crippen LogP contribution in [0.3, 0.4) is 0 Å². The molecule has 0 saturated heterocycles. The summed E-state index contributed by atoms with van der Waals surface area (Å²) < 4.78 is 23.2. The molecule has 0 atom stereocenters. The molecule has 3 nitrogen and oxygen atoms in total. The van der Waals surface area contributed by atoms with Crippen LogP contribution in [-0.4, -0.2) is 20.0 Å². The van der Waals surface area contributed by atoms with E-state index in [2.05, 4.69) is 0 Å². The number of carbonyl (C=O) groups is 1. The summed E-state index contributed by atoms with van der Waals surface area (Å²) in [5.41, 5.74) is 1.21. The lowest BCUT2D eigenvalue weighted by Gasteiger charge is -2.11. The van der Waals surface area contributed by atoms with Gasteiger partial charge in [-0.3, -0.25) is 4.79 Å². The Morgan fingerprint density at radius 3 is 2.35 bits per heavy atom. The third-order valence-corrected chi connectivity index (χ3v) is 2.98. The quantitative estimate of drug-likeness (QED) is 0.785. The number of ether oxygens (including phenoxy) is 2. The van der Waals surface area contributed by atoms with E-state index < -0.39 is 0 Å². The van der Waals surface area contributed by atoms with Crippen LogP contribution in [0.5, 0.6) is 11.5 Å². The van der Waals surface area contributed by atoms with E-state index in [1.165, 1.54) is 26.4 Å². The fourth-order valence-corrected chi connectivity index (χ4v) is 1.99. The second kappa shape index (κ2) is 6.19. The molecule has 0 aromatic heterocycles. The van der Waals surface area contributed by atoms with E-state index in [4.69, 9.17) is 9.47 Å². The van der Waals surface area contributed by atoms with Gasteiger partial charge in [-0.05, 0) is 29.8 Å². The molecule has 4 heteroatoms. The molecule has 2 aromatic rings. The highest BCUT2D eigenvalue weighted by atomic mass is 19.1. The number of hydrogen-bond donors (Lipinski definition) is 0. The molecule has 0 bridgehead atoms. The largest absolute Gasteiger partial charge is 0.493 e. The minimum Gasteiger partial charge on any atom is -0.493 e. The smallest absolute Gasteiger partial charge is 0.171 e. The van der Waals surface area contributed by atoms with Gasteiger partial charge in [0.05, 0.1) is 19.8 Å². The van der Waals surface area contributed by atoms with Gasteiger partial charge in [0.15, 0.2) is 17.3 Å². The molecule has 0 radical (unpaired) electrons. The summed E-state index contributed by atoms with van der Waals surface area (Å²) in [6.07, 6.45) is 0.184. The normalized spacial score (nSPS) is 10.2. The Kier molecular flexibility index (Phi) is 4.35. The third kappa shape index (κ3) is 2.96. The summed E-state index contributed by atoms with van der Waals surface area (Å²) in [4.78, 5) is 12.3. The Balaban J connectivity index is 2.27. The number of Topliss-reactive ketones (excluding diaryl/α,β-unsaturated/α-hetero) is 1. The van der Waals surface area contributed by atoms with Gasteiger partial charge < -0.3 is 9.47 Å². The predicted octanol–water partition coefficient (Wildman–Crippen LogP) is 3.27. The van der Waals surface area contributed by atoms with Crippen molar-refractivity contribution in [3.63, 3.8) is 0 Å². The van der Waals surface area contributed by atoms with Gasteiger partial charge in [-0.1, -0.05) is 18.2 Å². The van der Waals surface area contributed by atoms with Crippen molar-refractivity contribution in [1.82, 2.24) is 0 Å². The molecule has 0 amide bonds. The minimum absolute atomic E-state index is 0.104. The summed E-state index contributed by atoms with van der Waals surface area (Å²) in [5, 5.41) is 0. The molecule has 104 valence electrons. The van der Waals surface area contributed by atoms with Crippen molar-refractivity contribution in [1.29, 1.82) is 0 Å². The van der Waals surface area contributed by atoms with Gasteiger partial charge in [0, 0.05) is 6.42 Å². The zero-order chi connectivity index (χ0) is 14.5. The van der Waals surface area contributed by atoms with Gasteiger partial charge >= 0.3 is 0 Å². The monoisotopic (exact) mass is 274 g/mol. The maximum Gasteiger partial charge on any atom is 0.171 e. The number of methoxy groups -OCH3 is 2. The van der Waals surface area contributed by atoms with Crippen molar-refractivity contribution in [3.8, 4) is 11.5 Å². The second-order valence-corrected chi connectivity index (χ2v) is 4.27. The van der Waals surface area contributed by atoms with Gasteiger partial charge in [0.2, 0.25) is 0 Å². The molecule has 0 fully saturated rings. The Morgan fingerprint density at radius 1 is 1.05 bits per heavy atom. The van der Waals surface area contributed by atoms with Gasteiger partial charge in [-0.2, -0.15) is 0 Å². The summed E-state index contributed by atoms with van der Waals surface area (Å²) in [6.45, 7) is 0. The van der Waals surface area contributed by atoms with Crippen LogP contribution in [-0.2, 0) is 6.42 Å². The number of benzene rings is 2. The Hall–Kier alpha value is -2.36. The molecule has 2 aromatic carbocycles. The fourth-order valence-electron chi connectivity index (χ4n) is 1.99. The number of halogens is 1. The van der Waals surface area contributed by atoms with E-state index in [1.807, 2.05) is 0 Å². The lowest BCUT2D eigenvalue weighted by atomic mass is 10.0.